The molecular weight excluding hydrogens is 342 g/mol. The number of amides is 1. The van der Waals surface area contributed by atoms with E-state index < -0.39 is 0 Å². The second-order valence-electron chi connectivity index (χ2n) is 6.38. The Balaban J connectivity index is 1.44. The van der Waals surface area contributed by atoms with Crippen LogP contribution >= 0.6 is 0 Å². The number of carbonyl (C=O) groups excluding carboxylic acids is 2. The van der Waals surface area contributed by atoms with E-state index in [2.05, 4.69) is 20.9 Å². The van der Waals surface area contributed by atoms with Crippen molar-refractivity contribution in [2.45, 2.75) is 26.8 Å². The number of hydrogen-bond acceptors (Lipinski definition) is 4. The predicted octanol–water partition coefficient (Wildman–Crippen LogP) is 3.13. The summed E-state index contributed by atoms with van der Waals surface area (Å²) >= 11 is 0. The highest BCUT2D eigenvalue weighted by atomic mass is 16.5. The molecule has 0 aliphatic rings. The summed E-state index contributed by atoms with van der Waals surface area (Å²) in [6.45, 7) is 4.75. The van der Waals surface area contributed by atoms with Crippen molar-refractivity contribution in [3.05, 3.63) is 59.9 Å². The Hall–Kier alpha value is -3.15. The molecule has 140 valence electrons. The normalized spacial score (nSPS) is 10.7. The van der Waals surface area contributed by atoms with Crippen LogP contribution in [-0.2, 0) is 11.3 Å². The van der Waals surface area contributed by atoms with E-state index >= 15 is 0 Å². The largest absolute Gasteiger partial charge is 0.484 e. The van der Waals surface area contributed by atoms with Crippen LogP contribution in [0.25, 0.3) is 11.0 Å². The lowest BCUT2D eigenvalue weighted by Crippen LogP contribution is -2.30. The van der Waals surface area contributed by atoms with Crippen LogP contribution in [0.15, 0.2) is 48.5 Å². The third-order valence-electron chi connectivity index (χ3n) is 4.34. The van der Waals surface area contributed by atoms with Gasteiger partial charge in [0.15, 0.2) is 12.4 Å². The number of Topliss-reactive ketones (excluding diaryl/α,β-unsaturated/α-hetero) is 1. The quantitative estimate of drug-likeness (QED) is 0.492. The summed E-state index contributed by atoms with van der Waals surface area (Å²) in [7, 11) is 0. The van der Waals surface area contributed by atoms with Crippen molar-refractivity contribution in [2.24, 2.45) is 0 Å². The number of aryl methyl sites for hydroxylation is 2. The molecule has 0 bridgehead atoms. The molecule has 0 spiro atoms. The molecule has 6 nitrogen and oxygen atoms in total. The minimum absolute atomic E-state index is 0.0350. The number of hydrogen-bond donors (Lipinski definition) is 1. The molecule has 27 heavy (non-hydrogen) atoms. The molecule has 0 unspecified atom stereocenters. The highest BCUT2D eigenvalue weighted by Crippen LogP contribution is 2.16. The van der Waals surface area contributed by atoms with Gasteiger partial charge in [-0.3, -0.25) is 9.59 Å². The fraction of sp³-hybridized carbons (Fsp3) is 0.286. The van der Waals surface area contributed by atoms with Crippen molar-refractivity contribution in [1.29, 1.82) is 0 Å². The third kappa shape index (κ3) is 4.73. The van der Waals surface area contributed by atoms with Crippen molar-refractivity contribution in [3.8, 4) is 5.75 Å². The Morgan fingerprint density at radius 2 is 1.96 bits per heavy atom. The number of fused-ring (bicyclic) bond motifs is 1. The van der Waals surface area contributed by atoms with Crippen LogP contribution in [0.5, 0.6) is 5.75 Å². The molecule has 1 heterocycles. The fourth-order valence-electron chi connectivity index (χ4n) is 2.95. The first kappa shape index (κ1) is 18.6. The lowest BCUT2D eigenvalue weighted by atomic mass is 10.1. The van der Waals surface area contributed by atoms with Gasteiger partial charge in [-0.05, 0) is 44.5 Å². The van der Waals surface area contributed by atoms with Crippen molar-refractivity contribution >= 4 is 22.7 Å². The van der Waals surface area contributed by atoms with E-state index in [1.54, 1.807) is 24.3 Å². The van der Waals surface area contributed by atoms with Crippen molar-refractivity contribution < 1.29 is 14.3 Å². The summed E-state index contributed by atoms with van der Waals surface area (Å²) < 4.78 is 7.62. The molecule has 0 fully saturated rings. The maximum Gasteiger partial charge on any atom is 0.257 e. The number of nitrogens with one attached hydrogen (secondary N) is 1. The first-order chi connectivity index (χ1) is 13.0. The van der Waals surface area contributed by atoms with Crippen molar-refractivity contribution in [3.63, 3.8) is 0 Å². The number of ketones is 1. The fourth-order valence-corrected chi connectivity index (χ4v) is 2.95. The third-order valence-corrected chi connectivity index (χ3v) is 4.34. The van der Waals surface area contributed by atoms with Gasteiger partial charge >= 0.3 is 0 Å². The summed E-state index contributed by atoms with van der Waals surface area (Å²) in [5.74, 6) is 1.26. The van der Waals surface area contributed by atoms with E-state index in [-0.39, 0.29) is 18.3 Å². The molecule has 0 saturated carbocycles. The molecule has 6 heteroatoms. The highest BCUT2D eigenvalue weighted by molar-refractivity contribution is 5.94. The Bertz CT molecular complexity index is 962. The number of benzene rings is 2. The summed E-state index contributed by atoms with van der Waals surface area (Å²) in [5.41, 5.74) is 2.66. The Kier molecular flexibility index (Phi) is 5.86. The van der Waals surface area contributed by atoms with E-state index in [0.29, 0.717) is 17.9 Å². The molecule has 0 aliphatic heterocycles. The number of nitrogens with zero attached hydrogens (tertiary/aromatic N) is 2. The molecule has 0 aliphatic carbocycles. The Labute approximate surface area is 158 Å². The second kappa shape index (κ2) is 8.49. The van der Waals surface area contributed by atoms with Crippen LogP contribution < -0.4 is 10.1 Å². The molecule has 0 radical (unpaired) electrons. The van der Waals surface area contributed by atoms with Gasteiger partial charge < -0.3 is 14.6 Å². The Morgan fingerprint density at radius 1 is 1.15 bits per heavy atom. The van der Waals surface area contributed by atoms with Crippen LogP contribution in [0.4, 0.5) is 0 Å². The number of rotatable bonds is 8. The monoisotopic (exact) mass is 365 g/mol. The number of aromatic nitrogens is 2. The standard InChI is InChI=1S/C21H23N3O3/c1-15(25)17-7-5-8-18(13-17)27-14-21(26)22-11-6-12-24-16(2)23-19-9-3-4-10-20(19)24/h3-5,7-10,13H,6,11-12,14H2,1-2H3,(H,22,26). The first-order valence-corrected chi connectivity index (χ1v) is 8.97. The molecule has 1 aromatic heterocycles. The molecule has 3 aromatic rings. The number of carbonyl (C=O) groups is 2. The lowest BCUT2D eigenvalue weighted by molar-refractivity contribution is -0.123. The van der Waals surface area contributed by atoms with E-state index in [1.165, 1.54) is 6.92 Å². The van der Waals surface area contributed by atoms with Crippen molar-refractivity contribution in [2.75, 3.05) is 13.2 Å². The zero-order chi connectivity index (χ0) is 19.2. The lowest BCUT2D eigenvalue weighted by Gasteiger charge is -2.09. The molecule has 1 N–H and O–H groups in total. The van der Waals surface area contributed by atoms with Gasteiger partial charge in [0.25, 0.3) is 5.91 Å². The molecule has 0 atom stereocenters. The average Bonchev–Trinajstić information content (AvgIpc) is 2.99. The summed E-state index contributed by atoms with van der Waals surface area (Å²) in [5, 5.41) is 2.86. The number of imidazole rings is 1. The van der Waals surface area contributed by atoms with E-state index in [4.69, 9.17) is 4.74 Å². The van der Waals surface area contributed by atoms with Gasteiger partial charge in [-0.15, -0.1) is 0 Å². The maximum atomic E-state index is 12.0. The Morgan fingerprint density at radius 3 is 2.78 bits per heavy atom. The van der Waals surface area contributed by atoms with Crippen LogP contribution in [-0.4, -0.2) is 34.4 Å². The van der Waals surface area contributed by atoms with Gasteiger partial charge in [0.1, 0.15) is 11.6 Å². The van der Waals surface area contributed by atoms with Gasteiger partial charge in [0.05, 0.1) is 11.0 Å². The predicted molar refractivity (Wildman–Crippen MR) is 104 cm³/mol. The van der Waals surface area contributed by atoms with Gasteiger partial charge in [-0.1, -0.05) is 24.3 Å². The summed E-state index contributed by atoms with van der Waals surface area (Å²) in [6.07, 6.45) is 0.798. The summed E-state index contributed by atoms with van der Waals surface area (Å²) in [4.78, 5) is 27.9. The topological polar surface area (TPSA) is 73.2 Å². The van der Waals surface area contributed by atoms with Gasteiger partial charge in [0.2, 0.25) is 0 Å². The molecule has 2 aromatic carbocycles. The zero-order valence-corrected chi connectivity index (χ0v) is 15.6. The molecule has 0 saturated heterocycles. The van der Waals surface area contributed by atoms with Crippen LogP contribution in [0.3, 0.4) is 0 Å². The average molecular weight is 365 g/mol. The van der Waals surface area contributed by atoms with E-state index in [9.17, 15) is 9.59 Å². The zero-order valence-electron chi connectivity index (χ0n) is 15.6. The van der Waals surface area contributed by atoms with E-state index in [1.807, 2.05) is 25.1 Å². The minimum Gasteiger partial charge on any atom is -0.484 e. The van der Waals surface area contributed by atoms with Gasteiger partial charge in [0, 0.05) is 18.7 Å². The smallest absolute Gasteiger partial charge is 0.257 e. The SMILES string of the molecule is CC(=O)c1cccc(OCC(=O)NCCCn2c(C)nc3ccccc32)c1. The van der Waals surface area contributed by atoms with Crippen LogP contribution in [0.1, 0.15) is 29.5 Å². The van der Waals surface area contributed by atoms with Gasteiger partial charge in [-0.2, -0.15) is 0 Å². The first-order valence-electron chi connectivity index (χ1n) is 8.97. The van der Waals surface area contributed by atoms with Crippen molar-refractivity contribution in [1.82, 2.24) is 14.9 Å². The number of para-hydroxylation sites is 2. The number of ether oxygens (including phenoxy) is 1. The summed E-state index contributed by atoms with van der Waals surface area (Å²) in [6, 6.07) is 14.9. The van der Waals surface area contributed by atoms with Crippen LogP contribution in [0.2, 0.25) is 0 Å². The van der Waals surface area contributed by atoms with E-state index in [0.717, 1.165) is 29.8 Å². The van der Waals surface area contributed by atoms with Gasteiger partial charge in [-0.25, -0.2) is 4.98 Å². The maximum absolute atomic E-state index is 12.0. The molecule has 1 amide bonds. The minimum atomic E-state index is -0.185. The molecule has 3 rings (SSSR count). The molecular formula is C21H23N3O3. The second-order valence-corrected chi connectivity index (χ2v) is 6.38. The highest BCUT2D eigenvalue weighted by Gasteiger charge is 2.07. The van der Waals surface area contributed by atoms with Crippen LogP contribution in [0, 0.1) is 6.92 Å².